The molecule has 0 fully saturated rings. The van der Waals surface area contributed by atoms with Crippen LogP contribution in [0.3, 0.4) is 0 Å². The number of hydrogen-bond acceptors (Lipinski definition) is 2. The molecule has 0 aliphatic heterocycles. The molecule has 0 aliphatic carbocycles. The number of para-hydroxylation sites is 1. The van der Waals surface area contributed by atoms with Crippen LogP contribution in [0.2, 0.25) is 0 Å². The molecule has 48 heavy (non-hydrogen) atoms. The predicted molar refractivity (Wildman–Crippen MR) is 209 cm³/mol. The number of nitrogens with zero attached hydrogens (tertiary/aromatic N) is 1. The maximum absolute atomic E-state index is 2.52. The molecular formula is C46H29NS. The second-order valence-corrected chi connectivity index (χ2v) is 13.5. The highest BCUT2D eigenvalue weighted by Gasteiger charge is 2.23. The van der Waals surface area contributed by atoms with E-state index < -0.39 is 0 Å². The highest BCUT2D eigenvalue weighted by atomic mass is 32.1. The van der Waals surface area contributed by atoms with Crippen LogP contribution in [0, 0.1) is 0 Å². The standard InChI is InChI=1S/C46H29NS/c1-2-13-30(14-3-1)33-17-8-10-22-41(33)47(42-23-12-21-38-36(42)27-28-39-37-20-9-11-24-44(37)48-46(38)39)43-29-32-16-5-7-19-35(32)45-34-18-6-4-15-31(34)25-26-40(43)45/h1-29H. The Labute approximate surface area is 282 Å². The van der Waals surface area contributed by atoms with Crippen LogP contribution in [-0.2, 0) is 0 Å². The fourth-order valence-corrected chi connectivity index (χ4v) is 8.90. The Balaban J connectivity index is 1.36. The van der Waals surface area contributed by atoms with Crippen LogP contribution >= 0.6 is 11.3 Å². The first-order chi connectivity index (χ1) is 23.8. The van der Waals surface area contributed by atoms with Gasteiger partial charge in [0, 0.05) is 41.9 Å². The third kappa shape index (κ3) is 4.10. The van der Waals surface area contributed by atoms with E-state index in [2.05, 4.69) is 181 Å². The summed E-state index contributed by atoms with van der Waals surface area (Å²) < 4.78 is 2.66. The Hall–Kier alpha value is -5.96. The Morgan fingerprint density at radius 2 is 0.958 bits per heavy atom. The Kier molecular flexibility index (Phi) is 6.12. The van der Waals surface area contributed by atoms with Crippen molar-refractivity contribution in [3.05, 3.63) is 176 Å². The minimum absolute atomic E-state index is 1.15. The van der Waals surface area contributed by atoms with Crippen LogP contribution in [0.1, 0.15) is 0 Å². The first-order valence-electron chi connectivity index (χ1n) is 16.4. The van der Waals surface area contributed by atoms with Crippen molar-refractivity contribution in [2.75, 3.05) is 4.90 Å². The molecule has 0 saturated carbocycles. The number of fused-ring (bicyclic) bond motifs is 10. The van der Waals surface area contributed by atoms with E-state index in [1.807, 2.05) is 11.3 Å². The van der Waals surface area contributed by atoms with Gasteiger partial charge in [0.05, 0.1) is 17.1 Å². The molecule has 0 atom stereocenters. The van der Waals surface area contributed by atoms with Gasteiger partial charge in [-0.15, -0.1) is 11.3 Å². The molecule has 2 heteroatoms. The molecule has 0 aliphatic rings. The maximum Gasteiger partial charge on any atom is 0.0547 e. The van der Waals surface area contributed by atoms with Crippen molar-refractivity contribution in [2.24, 2.45) is 0 Å². The fraction of sp³-hybridized carbons (Fsp3) is 0. The average molecular weight is 628 g/mol. The molecule has 1 nitrogen and oxygen atoms in total. The minimum Gasteiger partial charge on any atom is -0.309 e. The maximum atomic E-state index is 2.52. The molecule has 0 spiro atoms. The normalized spacial score (nSPS) is 11.8. The number of thiophene rings is 1. The van der Waals surface area contributed by atoms with Gasteiger partial charge in [-0.3, -0.25) is 0 Å². The molecular weight excluding hydrogens is 599 g/mol. The second kappa shape index (κ2) is 10.8. The van der Waals surface area contributed by atoms with Crippen LogP contribution in [-0.4, -0.2) is 0 Å². The largest absolute Gasteiger partial charge is 0.309 e. The van der Waals surface area contributed by atoms with Crippen molar-refractivity contribution in [3.8, 4) is 11.1 Å². The van der Waals surface area contributed by atoms with E-state index in [9.17, 15) is 0 Å². The summed E-state index contributed by atoms with van der Waals surface area (Å²) in [7, 11) is 0. The van der Waals surface area contributed by atoms with Crippen LogP contribution in [0.15, 0.2) is 176 Å². The van der Waals surface area contributed by atoms with E-state index in [0.717, 1.165) is 5.69 Å². The lowest BCUT2D eigenvalue weighted by molar-refractivity contribution is 1.32. The van der Waals surface area contributed by atoms with Crippen LogP contribution in [0.5, 0.6) is 0 Å². The van der Waals surface area contributed by atoms with E-state index >= 15 is 0 Å². The number of anilines is 3. The SMILES string of the molecule is c1ccc(-c2ccccc2N(c2cccc3c2ccc2c4ccccc4sc32)c2cc3ccccc3c3c2ccc2ccccc23)cc1. The number of hydrogen-bond donors (Lipinski definition) is 0. The smallest absolute Gasteiger partial charge is 0.0547 e. The van der Waals surface area contributed by atoms with E-state index in [1.54, 1.807) is 0 Å². The van der Waals surface area contributed by atoms with Crippen LogP contribution < -0.4 is 4.90 Å². The van der Waals surface area contributed by atoms with Crippen molar-refractivity contribution in [2.45, 2.75) is 0 Å². The van der Waals surface area contributed by atoms with Gasteiger partial charge >= 0.3 is 0 Å². The van der Waals surface area contributed by atoms with Crippen molar-refractivity contribution in [1.82, 2.24) is 0 Å². The Bertz CT molecular complexity index is 2830. The summed E-state index contributed by atoms with van der Waals surface area (Å²) in [4.78, 5) is 2.52. The number of rotatable bonds is 4. The van der Waals surface area contributed by atoms with Crippen molar-refractivity contribution >= 4 is 91.7 Å². The molecule has 0 N–H and O–H groups in total. The Morgan fingerprint density at radius 1 is 0.354 bits per heavy atom. The third-order valence-electron chi connectivity index (χ3n) is 9.82. The molecule has 10 rings (SSSR count). The van der Waals surface area contributed by atoms with Crippen molar-refractivity contribution in [3.63, 3.8) is 0 Å². The van der Waals surface area contributed by atoms with E-state index in [4.69, 9.17) is 0 Å². The highest BCUT2D eigenvalue weighted by Crippen LogP contribution is 2.49. The van der Waals surface area contributed by atoms with Gasteiger partial charge in [-0.2, -0.15) is 0 Å². The summed E-state index contributed by atoms with van der Waals surface area (Å²) in [6.45, 7) is 0. The van der Waals surface area contributed by atoms with Crippen LogP contribution in [0.4, 0.5) is 17.1 Å². The van der Waals surface area contributed by atoms with E-state index in [0.29, 0.717) is 0 Å². The minimum atomic E-state index is 1.15. The van der Waals surface area contributed by atoms with E-state index in [1.165, 1.54) is 85.8 Å². The van der Waals surface area contributed by atoms with Gasteiger partial charge in [0.15, 0.2) is 0 Å². The van der Waals surface area contributed by atoms with Crippen LogP contribution in [0.25, 0.3) is 74.4 Å². The molecule has 10 aromatic rings. The zero-order valence-electron chi connectivity index (χ0n) is 26.1. The molecule has 0 unspecified atom stereocenters. The molecule has 1 heterocycles. The highest BCUT2D eigenvalue weighted by molar-refractivity contribution is 7.26. The summed E-state index contributed by atoms with van der Waals surface area (Å²) in [6.07, 6.45) is 0. The summed E-state index contributed by atoms with van der Waals surface area (Å²) in [5.74, 6) is 0. The third-order valence-corrected chi connectivity index (χ3v) is 11.0. The molecule has 1 aromatic heterocycles. The lowest BCUT2D eigenvalue weighted by atomic mass is 9.93. The second-order valence-electron chi connectivity index (χ2n) is 12.5. The van der Waals surface area contributed by atoms with Gasteiger partial charge in [-0.05, 0) is 56.8 Å². The van der Waals surface area contributed by atoms with Gasteiger partial charge < -0.3 is 4.90 Å². The summed E-state index contributed by atoms with van der Waals surface area (Å²) in [5, 5.41) is 12.7. The quantitative estimate of drug-likeness (QED) is 0.176. The zero-order valence-corrected chi connectivity index (χ0v) is 26.9. The molecule has 0 radical (unpaired) electrons. The van der Waals surface area contributed by atoms with Gasteiger partial charge in [0.25, 0.3) is 0 Å². The van der Waals surface area contributed by atoms with E-state index in [-0.39, 0.29) is 0 Å². The zero-order chi connectivity index (χ0) is 31.6. The Morgan fingerprint density at radius 3 is 1.83 bits per heavy atom. The lowest BCUT2D eigenvalue weighted by Gasteiger charge is -2.31. The van der Waals surface area contributed by atoms with Gasteiger partial charge in [0.2, 0.25) is 0 Å². The molecule has 0 bridgehead atoms. The summed E-state index contributed by atoms with van der Waals surface area (Å²) in [5.41, 5.74) is 5.88. The van der Waals surface area contributed by atoms with Crippen molar-refractivity contribution in [1.29, 1.82) is 0 Å². The van der Waals surface area contributed by atoms with Gasteiger partial charge in [-0.25, -0.2) is 0 Å². The lowest BCUT2D eigenvalue weighted by Crippen LogP contribution is -2.12. The first kappa shape index (κ1) is 27.2. The molecule has 224 valence electrons. The summed E-state index contributed by atoms with van der Waals surface area (Å²) in [6, 6.07) is 64.5. The molecule has 9 aromatic carbocycles. The number of benzene rings is 9. The summed E-state index contributed by atoms with van der Waals surface area (Å²) >= 11 is 1.89. The first-order valence-corrected chi connectivity index (χ1v) is 17.3. The average Bonchev–Trinajstić information content (AvgIpc) is 3.55. The molecule has 0 saturated heterocycles. The fourth-order valence-electron chi connectivity index (χ4n) is 7.67. The van der Waals surface area contributed by atoms with Crippen molar-refractivity contribution < 1.29 is 0 Å². The van der Waals surface area contributed by atoms with Gasteiger partial charge in [-0.1, -0.05) is 152 Å². The molecule has 0 amide bonds. The monoisotopic (exact) mass is 627 g/mol. The topological polar surface area (TPSA) is 3.24 Å². The predicted octanol–water partition coefficient (Wildman–Crippen LogP) is 13.8. The van der Waals surface area contributed by atoms with Gasteiger partial charge in [0.1, 0.15) is 0 Å².